The number of para-hydroxylation sites is 2. The molecule has 0 aliphatic heterocycles. The van der Waals surface area contributed by atoms with Gasteiger partial charge in [0, 0.05) is 49.5 Å². The molecule has 0 saturated heterocycles. The van der Waals surface area contributed by atoms with E-state index in [1.807, 2.05) is 0 Å². The first-order valence-corrected chi connectivity index (χ1v) is 23.0. The zero-order chi connectivity index (χ0) is 44.3. The fourth-order valence-corrected chi connectivity index (χ4v) is 11.5. The van der Waals surface area contributed by atoms with Crippen LogP contribution in [0.15, 0.2) is 206 Å². The Morgan fingerprint density at radius 3 is 1.83 bits per heavy atom. The van der Waals surface area contributed by atoms with Gasteiger partial charge in [-0.1, -0.05) is 191 Å². The van der Waals surface area contributed by atoms with Gasteiger partial charge in [-0.05, 0) is 92.5 Å². The standard InChI is InChI=1S/C62H46N4/c1-61(2)51-24-13-9-21-48(51)56-52(61)25-16-28-55(56)66(43-33-29-40(30-34-43)39-17-6-5-7-18-39)60-63-53-26-14-10-22-49(53)58(64-60)41-31-35-42(36-32-41)65-54-27-15-11-20-45(54)47-38-37-46-44-19-8-12-23-50(44)62(3,4)57(46)59(47)65/h5-38H,1-4H3. The molecule has 0 bridgehead atoms. The number of rotatable bonds is 6. The smallest absolute Gasteiger partial charge is 0.235 e. The molecule has 2 heterocycles. The number of nitrogens with zero attached hydrogens (tertiary/aromatic N) is 4. The van der Waals surface area contributed by atoms with Crippen LogP contribution in [0.4, 0.5) is 17.3 Å². The number of benzene rings is 9. The Morgan fingerprint density at radius 2 is 1.05 bits per heavy atom. The number of fused-ring (bicyclic) bond motifs is 11. The number of aromatic nitrogens is 3. The minimum Gasteiger partial charge on any atom is -0.309 e. The predicted molar refractivity (Wildman–Crippen MR) is 275 cm³/mol. The lowest BCUT2D eigenvalue weighted by molar-refractivity contribution is 0.660. The van der Waals surface area contributed by atoms with E-state index in [9.17, 15) is 0 Å². The van der Waals surface area contributed by atoms with Crippen LogP contribution in [0.1, 0.15) is 49.9 Å². The second-order valence-electron chi connectivity index (χ2n) is 19.0. The van der Waals surface area contributed by atoms with Gasteiger partial charge in [-0.25, -0.2) is 9.97 Å². The summed E-state index contributed by atoms with van der Waals surface area (Å²) in [6.07, 6.45) is 0. The van der Waals surface area contributed by atoms with Gasteiger partial charge in [0.2, 0.25) is 5.95 Å². The van der Waals surface area contributed by atoms with Crippen LogP contribution in [0.25, 0.3) is 83.0 Å². The molecule has 66 heavy (non-hydrogen) atoms. The van der Waals surface area contributed by atoms with Crippen LogP contribution in [-0.4, -0.2) is 14.5 Å². The van der Waals surface area contributed by atoms with Gasteiger partial charge >= 0.3 is 0 Å². The van der Waals surface area contributed by atoms with Gasteiger partial charge in [-0.2, -0.15) is 0 Å². The van der Waals surface area contributed by atoms with Crippen molar-refractivity contribution in [1.29, 1.82) is 0 Å². The molecule has 4 nitrogen and oxygen atoms in total. The van der Waals surface area contributed by atoms with Crippen LogP contribution in [0, 0.1) is 0 Å². The number of hydrogen-bond donors (Lipinski definition) is 0. The zero-order valence-electron chi connectivity index (χ0n) is 37.4. The molecule has 11 aromatic rings. The molecule has 2 aromatic heterocycles. The second kappa shape index (κ2) is 14.2. The molecule has 0 atom stereocenters. The van der Waals surface area contributed by atoms with Crippen molar-refractivity contribution in [2.45, 2.75) is 38.5 Å². The minimum atomic E-state index is -0.169. The molecule has 13 rings (SSSR count). The third kappa shape index (κ3) is 5.51. The van der Waals surface area contributed by atoms with Crippen LogP contribution in [0.5, 0.6) is 0 Å². The molecule has 0 fully saturated rings. The molecule has 0 unspecified atom stereocenters. The van der Waals surface area contributed by atoms with E-state index in [1.54, 1.807) is 0 Å². The summed E-state index contributed by atoms with van der Waals surface area (Å²) in [4.78, 5) is 13.3. The summed E-state index contributed by atoms with van der Waals surface area (Å²) in [5, 5.41) is 3.54. The summed E-state index contributed by atoms with van der Waals surface area (Å²) in [6.45, 7) is 9.43. The minimum absolute atomic E-state index is 0.168. The number of anilines is 3. The van der Waals surface area contributed by atoms with E-state index in [0.717, 1.165) is 44.8 Å². The lowest BCUT2D eigenvalue weighted by Gasteiger charge is -2.28. The van der Waals surface area contributed by atoms with E-state index in [4.69, 9.17) is 9.97 Å². The highest BCUT2D eigenvalue weighted by Crippen LogP contribution is 2.55. The van der Waals surface area contributed by atoms with Gasteiger partial charge in [0.1, 0.15) is 0 Å². The van der Waals surface area contributed by atoms with E-state index in [1.165, 1.54) is 71.9 Å². The molecule has 0 saturated carbocycles. The quantitative estimate of drug-likeness (QED) is 0.167. The molecular weight excluding hydrogens is 801 g/mol. The Morgan fingerprint density at radius 1 is 0.424 bits per heavy atom. The molecule has 2 aliphatic rings. The lowest BCUT2D eigenvalue weighted by Crippen LogP contribution is -2.17. The third-order valence-corrected chi connectivity index (χ3v) is 14.6. The Bertz CT molecular complexity index is 3750. The molecule has 9 aromatic carbocycles. The van der Waals surface area contributed by atoms with Crippen molar-refractivity contribution < 1.29 is 0 Å². The molecule has 2 aliphatic carbocycles. The van der Waals surface area contributed by atoms with Gasteiger partial charge < -0.3 is 4.57 Å². The summed E-state index contributed by atoms with van der Waals surface area (Å²) in [5.41, 5.74) is 20.9. The van der Waals surface area contributed by atoms with Gasteiger partial charge in [0.15, 0.2) is 0 Å². The monoisotopic (exact) mass is 846 g/mol. The van der Waals surface area contributed by atoms with Gasteiger partial charge in [-0.3, -0.25) is 4.90 Å². The molecule has 0 N–H and O–H groups in total. The fourth-order valence-electron chi connectivity index (χ4n) is 11.5. The predicted octanol–water partition coefficient (Wildman–Crippen LogP) is 16.1. The highest BCUT2D eigenvalue weighted by atomic mass is 15.3. The van der Waals surface area contributed by atoms with E-state index < -0.39 is 0 Å². The first-order valence-electron chi connectivity index (χ1n) is 23.0. The van der Waals surface area contributed by atoms with Crippen molar-refractivity contribution in [3.63, 3.8) is 0 Å². The molecular formula is C62H46N4. The molecule has 314 valence electrons. The summed E-state index contributed by atoms with van der Waals surface area (Å²) < 4.78 is 2.49. The van der Waals surface area contributed by atoms with Crippen LogP contribution < -0.4 is 4.90 Å². The molecule has 4 heteroatoms. The Labute approximate surface area is 385 Å². The van der Waals surface area contributed by atoms with Crippen molar-refractivity contribution in [2.24, 2.45) is 0 Å². The van der Waals surface area contributed by atoms with Crippen molar-refractivity contribution in [3.05, 3.63) is 229 Å². The molecule has 0 spiro atoms. The average molecular weight is 847 g/mol. The molecule has 0 radical (unpaired) electrons. The first kappa shape index (κ1) is 38.4. The van der Waals surface area contributed by atoms with Crippen LogP contribution in [0.3, 0.4) is 0 Å². The van der Waals surface area contributed by atoms with Crippen LogP contribution in [-0.2, 0) is 10.8 Å². The van der Waals surface area contributed by atoms with Crippen molar-refractivity contribution in [1.82, 2.24) is 14.5 Å². The topological polar surface area (TPSA) is 34.0 Å². The summed E-state index contributed by atoms with van der Waals surface area (Å²) in [5.74, 6) is 0.621. The Balaban J connectivity index is 1.00. The van der Waals surface area contributed by atoms with Crippen LogP contribution in [0.2, 0.25) is 0 Å². The Kier molecular flexibility index (Phi) is 8.26. The maximum absolute atomic E-state index is 5.61. The average Bonchev–Trinajstić information content (AvgIpc) is 3.91. The van der Waals surface area contributed by atoms with Crippen molar-refractivity contribution in [2.75, 3.05) is 4.90 Å². The summed E-state index contributed by atoms with van der Waals surface area (Å²) in [6, 6.07) is 74.9. The van der Waals surface area contributed by atoms with E-state index >= 15 is 0 Å². The highest BCUT2D eigenvalue weighted by Gasteiger charge is 2.40. The summed E-state index contributed by atoms with van der Waals surface area (Å²) in [7, 11) is 0. The SMILES string of the molecule is CC1(C)c2ccccc2-c2c(N(c3ccc(-c4ccccc4)cc3)c3nc(-c4ccc(-n5c6ccccc6c6ccc7c(c65)C(C)(C)c5ccccc5-7)cc4)c4ccccc4n3)cccc21. The highest BCUT2D eigenvalue weighted by molar-refractivity contribution is 6.13. The number of hydrogen-bond acceptors (Lipinski definition) is 3. The maximum atomic E-state index is 5.61. The largest absolute Gasteiger partial charge is 0.309 e. The maximum Gasteiger partial charge on any atom is 0.235 e. The van der Waals surface area contributed by atoms with Gasteiger partial charge in [0.05, 0.1) is 27.9 Å². The van der Waals surface area contributed by atoms with Crippen molar-refractivity contribution in [3.8, 4) is 50.3 Å². The van der Waals surface area contributed by atoms with E-state index in [2.05, 4.69) is 243 Å². The third-order valence-electron chi connectivity index (χ3n) is 14.6. The first-order chi connectivity index (χ1) is 32.3. The summed E-state index contributed by atoms with van der Waals surface area (Å²) >= 11 is 0. The fraction of sp³-hybridized carbons (Fsp3) is 0.0968. The second-order valence-corrected chi connectivity index (χ2v) is 19.0. The van der Waals surface area contributed by atoms with E-state index in [-0.39, 0.29) is 10.8 Å². The lowest BCUT2D eigenvalue weighted by atomic mass is 9.81. The van der Waals surface area contributed by atoms with Gasteiger partial charge in [-0.15, -0.1) is 0 Å². The molecule has 0 amide bonds. The van der Waals surface area contributed by atoms with Crippen molar-refractivity contribution >= 4 is 50.0 Å². The van der Waals surface area contributed by atoms with Gasteiger partial charge in [0.25, 0.3) is 0 Å². The zero-order valence-corrected chi connectivity index (χ0v) is 37.4. The van der Waals surface area contributed by atoms with Crippen LogP contribution >= 0.6 is 0 Å². The normalized spacial score (nSPS) is 14.0. The van der Waals surface area contributed by atoms with E-state index in [0.29, 0.717) is 5.95 Å². The Hall–Kier alpha value is -8.08.